The molecular formula is C11H17NO2. The van der Waals surface area contributed by atoms with Crippen molar-refractivity contribution in [1.29, 1.82) is 0 Å². The Kier molecular flexibility index (Phi) is 4.23. The number of aliphatic carboxylic acids is 1. The SMILES string of the molecule is C[C@H](CCC(=O)O)CCn1cccc1. The van der Waals surface area contributed by atoms with Gasteiger partial charge in [0.2, 0.25) is 0 Å². The summed E-state index contributed by atoms with van der Waals surface area (Å²) in [5, 5.41) is 8.51. The predicted molar refractivity (Wildman–Crippen MR) is 55.1 cm³/mol. The lowest BCUT2D eigenvalue weighted by atomic mass is 10.0. The number of hydrogen-bond donors (Lipinski definition) is 1. The molecule has 14 heavy (non-hydrogen) atoms. The maximum absolute atomic E-state index is 10.3. The molecule has 1 N–H and O–H groups in total. The summed E-state index contributed by atoms with van der Waals surface area (Å²) in [5.74, 6) is -0.216. The molecule has 1 rings (SSSR count). The van der Waals surface area contributed by atoms with Crippen molar-refractivity contribution in [2.24, 2.45) is 5.92 Å². The highest BCUT2D eigenvalue weighted by atomic mass is 16.4. The Labute approximate surface area is 84.4 Å². The first kappa shape index (κ1) is 10.8. The highest BCUT2D eigenvalue weighted by Crippen LogP contribution is 2.11. The molecule has 0 aliphatic rings. The molecule has 0 aliphatic heterocycles. The Bertz CT molecular complexity index is 267. The first-order valence-corrected chi connectivity index (χ1v) is 5.01. The molecule has 0 radical (unpaired) electrons. The van der Waals surface area contributed by atoms with Crippen molar-refractivity contribution >= 4 is 5.97 Å². The van der Waals surface area contributed by atoms with E-state index >= 15 is 0 Å². The molecule has 1 atom stereocenters. The van der Waals surface area contributed by atoms with E-state index in [0.29, 0.717) is 5.92 Å². The molecule has 3 nitrogen and oxygen atoms in total. The van der Waals surface area contributed by atoms with Gasteiger partial charge in [0.05, 0.1) is 0 Å². The number of carbonyl (C=O) groups is 1. The summed E-state index contributed by atoms with van der Waals surface area (Å²) in [5.41, 5.74) is 0. The molecule has 0 aromatic carbocycles. The van der Waals surface area contributed by atoms with Crippen LogP contribution in [-0.2, 0) is 11.3 Å². The molecule has 0 saturated carbocycles. The quantitative estimate of drug-likeness (QED) is 0.757. The van der Waals surface area contributed by atoms with Crippen molar-refractivity contribution in [3.05, 3.63) is 24.5 Å². The van der Waals surface area contributed by atoms with Gasteiger partial charge >= 0.3 is 5.97 Å². The molecule has 0 fully saturated rings. The fourth-order valence-corrected chi connectivity index (χ4v) is 1.40. The number of rotatable bonds is 6. The van der Waals surface area contributed by atoms with Crippen LogP contribution in [0.2, 0.25) is 0 Å². The van der Waals surface area contributed by atoms with E-state index in [1.165, 1.54) is 0 Å². The molecule has 1 heterocycles. The van der Waals surface area contributed by atoms with Gasteiger partial charge in [-0.1, -0.05) is 6.92 Å². The molecule has 0 amide bonds. The van der Waals surface area contributed by atoms with Gasteiger partial charge in [0.1, 0.15) is 0 Å². The van der Waals surface area contributed by atoms with Crippen LogP contribution in [0.25, 0.3) is 0 Å². The zero-order valence-electron chi connectivity index (χ0n) is 8.52. The van der Waals surface area contributed by atoms with Gasteiger partial charge in [-0.05, 0) is 30.9 Å². The van der Waals surface area contributed by atoms with E-state index < -0.39 is 5.97 Å². The topological polar surface area (TPSA) is 42.2 Å². The van der Waals surface area contributed by atoms with E-state index in [-0.39, 0.29) is 6.42 Å². The third-order valence-electron chi connectivity index (χ3n) is 2.40. The van der Waals surface area contributed by atoms with E-state index in [9.17, 15) is 4.79 Å². The standard InChI is InChI=1S/C11H17NO2/c1-10(4-5-11(13)14)6-9-12-7-2-3-8-12/h2-3,7-8,10H,4-6,9H2,1H3,(H,13,14)/t10-/m1/s1. The summed E-state index contributed by atoms with van der Waals surface area (Å²) in [4.78, 5) is 10.3. The van der Waals surface area contributed by atoms with Crippen molar-refractivity contribution < 1.29 is 9.90 Å². The minimum absolute atomic E-state index is 0.285. The number of carboxylic acids is 1. The predicted octanol–water partition coefficient (Wildman–Crippen LogP) is 2.38. The first-order chi connectivity index (χ1) is 6.68. The largest absolute Gasteiger partial charge is 0.481 e. The number of aromatic nitrogens is 1. The van der Waals surface area contributed by atoms with Gasteiger partial charge in [0.15, 0.2) is 0 Å². The first-order valence-electron chi connectivity index (χ1n) is 5.01. The fourth-order valence-electron chi connectivity index (χ4n) is 1.40. The summed E-state index contributed by atoms with van der Waals surface area (Å²) in [6.45, 7) is 3.08. The van der Waals surface area contributed by atoms with Crippen molar-refractivity contribution in [3.8, 4) is 0 Å². The molecule has 1 aromatic heterocycles. The third kappa shape index (κ3) is 4.12. The van der Waals surface area contributed by atoms with Crippen LogP contribution in [-0.4, -0.2) is 15.6 Å². The minimum Gasteiger partial charge on any atom is -0.481 e. The highest BCUT2D eigenvalue weighted by molar-refractivity contribution is 5.66. The van der Waals surface area contributed by atoms with Crippen LogP contribution >= 0.6 is 0 Å². The molecule has 0 saturated heterocycles. The van der Waals surface area contributed by atoms with Crippen molar-refractivity contribution in [2.75, 3.05) is 0 Å². The van der Waals surface area contributed by atoms with Gasteiger partial charge in [0, 0.05) is 25.4 Å². The molecule has 0 unspecified atom stereocenters. The second-order valence-electron chi connectivity index (χ2n) is 3.75. The van der Waals surface area contributed by atoms with Gasteiger partial charge in [-0.15, -0.1) is 0 Å². The molecule has 78 valence electrons. The van der Waals surface area contributed by atoms with E-state index in [0.717, 1.165) is 19.4 Å². The van der Waals surface area contributed by atoms with Crippen LogP contribution in [0.1, 0.15) is 26.2 Å². The molecule has 0 bridgehead atoms. The molecule has 0 spiro atoms. The van der Waals surface area contributed by atoms with E-state index in [4.69, 9.17) is 5.11 Å². The Morgan fingerprint density at radius 2 is 2.00 bits per heavy atom. The summed E-state index contributed by atoms with van der Waals surface area (Å²) in [6.07, 6.45) is 6.17. The van der Waals surface area contributed by atoms with Gasteiger partial charge in [-0.3, -0.25) is 4.79 Å². The van der Waals surface area contributed by atoms with Crippen LogP contribution in [0.3, 0.4) is 0 Å². The fraction of sp³-hybridized carbons (Fsp3) is 0.545. The number of aryl methyl sites for hydroxylation is 1. The monoisotopic (exact) mass is 195 g/mol. The number of nitrogens with zero attached hydrogens (tertiary/aromatic N) is 1. The van der Waals surface area contributed by atoms with Gasteiger partial charge in [0.25, 0.3) is 0 Å². The number of hydrogen-bond acceptors (Lipinski definition) is 1. The zero-order chi connectivity index (χ0) is 10.4. The Morgan fingerprint density at radius 3 is 2.57 bits per heavy atom. The molecular weight excluding hydrogens is 178 g/mol. The molecule has 1 aromatic rings. The third-order valence-corrected chi connectivity index (χ3v) is 2.40. The summed E-state index contributed by atoms with van der Waals surface area (Å²) < 4.78 is 2.12. The van der Waals surface area contributed by atoms with E-state index in [2.05, 4.69) is 11.5 Å². The van der Waals surface area contributed by atoms with E-state index in [1.807, 2.05) is 24.5 Å². The Morgan fingerprint density at radius 1 is 1.36 bits per heavy atom. The summed E-state index contributed by atoms with van der Waals surface area (Å²) in [7, 11) is 0. The molecule has 0 aliphatic carbocycles. The van der Waals surface area contributed by atoms with Gasteiger partial charge < -0.3 is 9.67 Å². The smallest absolute Gasteiger partial charge is 0.303 e. The van der Waals surface area contributed by atoms with Crippen LogP contribution in [0.4, 0.5) is 0 Å². The van der Waals surface area contributed by atoms with Crippen LogP contribution < -0.4 is 0 Å². The minimum atomic E-state index is -0.696. The lowest BCUT2D eigenvalue weighted by Gasteiger charge is -2.10. The average molecular weight is 195 g/mol. The summed E-state index contributed by atoms with van der Waals surface area (Å²) in [6, 6.07) is 4.00. The number of carboxylic acid groups (broad SMARTS) is 1. The summed E-state index contributed by atoms with van der Waals surface area (Å²) >= 11 is 0. The Hall–Kier alpha value is -1.25. The normalized spacial score (nSPS) is 12.6. The average Bonchev–Trinajstić information content (AvgIpc) is 2.63. The Balaban J connectivity index is 2.15. The second-order valence-corrected chi connectivity index (χ2v) is 3.75. The second kappa shape index (κ2) is 5.47. The highest BCUT2D eigenvalue weighted by Gasteiger charge is 2.05. The van der Waals surface area contributed by atoms with Crippen LogP contribution in [0.15, 0.2) is 24.5 Å². The van der Waals surface area contributed by atoms with Gasteiger partial charge in [-0.2, -0.15) is 0 Å². The van der Waals surface area contributed by atoms with Crippen LogP contribution in [0.5, 0.6) is 0 Å². The zero-order valence-corrected chi connectivity index (χ0v) is 8.52. The lowest BCUT2D eigenvalue weighted by molar-refractivity contribution is -0.137. The van der Waals surface area contributed by atoms with E-state index in [1.54, 1.807) is 0 Å². The lowest BCUT2D eigenvalue weighted by Crippen LogP contribution is -2.04. The van der Waals surface area contributed by atoms with Gasteiger partial charge in [-0.25, -0.2) is 0 Å². The van der Waals surface area contributed by atoms with Crippen molar-refractivity contribution in [2.45, 2.75) is 32.7 Å². The van der Waals surface area contributed by atoms with Crippen molar-refractivity contribution in [1.82, 2.24) is 4.57 Å². The maximum Gasteiger partial charge on any atom is 0.303 e. The van der Waals surface area contributed by atoms with Crippen LogP contribution in [0, 0.1) is 5.92 Å². The van der Waals surface area contributed by atoms with Crippen molar-refractivity contribution in [3.63, 3.8) is 0 Å². The molecule has 3 heteroatoms. The maximum atomic E-state index is 10.3.